The third-order valence-corrected chi connectivity index (χ3v) is 6.52. The molecular formula is C24H21N3O5S. The summed E-state index contributed by atoms with van der Waals surface area (Å²) in [6.07, 6.45) is 4.09. The molecule has 4 rings (SSSR count). The molecule has 9 heteroatoms. The van der Waals surface area contributed by atoms with Gasteiger partial charge in [-0.15, -0.1) is 11.3 Å². The van der Waals surface area contributed by atoms with Crippen molar-refractivity contribution in [2.24, 2.45) is 5.92 Å². The minimum Gasteiger partial charge on any atom is -0.459 e. The van der Waals surface area contributed by atoms with E-state index in [2.05, 4.69) is 23.6 Å². The van der Waals surface area contributed by atoms with Crippen molar-refractivity contribution in [3.63, 3.8) is 0 Å². The Bertz CT molecular complexity index is 1240. The summed E-state index contributed by atoms with van der Waals surface area (Å²) in [6.45, 7) is 1.64. The van der Waals surface area contributed by atoms with E-state index < -0.39 is 24.4 Å². The lowest BCUT2D eigenvalue weighted by atomic mass is 9.89. The van der Waals surface area contributed by atoms with Crippen LogP contribution in [0.5, 0.6) is 0 Å². The molecule has 2 N–H and O–H groups in total. The molecule has 1 aromatic carbocycles. The van der Waals surface area contributed by atoms with Crippen molar-refractivity contribution in [2.75, 3.05) is 17.2 Å². The highest BCUT2D eigenvalue weighted by atomic mass is 32.1. The van der Waals surface area contributed by atoms with Crippen LogP contribution in [-0.4, -0.2) is 24.4 Å². The molecule has 0 saturated heterocycles. The molecule has 0 unspecified atom stereocenters. The zero-order chi connectivity index (χ0) is 23.4. The van der Waals surface area contributed by atoms with Gasteiger partial charge in [0.1, 0.15) is 11.1 Å². The number of hydrogen-bond acceptors (Lipinski definition) is 7. The zero-order valence-corrected chi connectivity index (χ0v) is 18.7. The molecule has 2 heterocycles. The minimum absolute atomic E-state index is 0.0962. The van der Waals surface area contributed by atoms with Gasteiger partial charge in [0.2, 0.25) is 0 Å². The number of carbonyl (C=O) groups excluding carboxylic acids is 3. The summed E-state index contributed by atoms with van der Waals surface area (Å²) in [5, 5.41) is 15.4. The van der Waals surface area contributed by atoms with Crippen LogP contribution < -0.4 is 10.6 Å². The number of hydrogen-bond donors (Lipinski definition) is 2. The SMILES string of the molecule is C[C@@H]1CCc2c(sc(NC(=O)COC(=O)c3ccccc3NC(=O)c3ccco3)c2C#N)C1. The van der Waals surface area contributed by atoms with E-state index in [9.17, 15) is 19.6 Å². The molecule has 2 amide bonds. The molecule has 0 saturated carbocycles. The Morgan fingerprint density at radius 2 is 2.03 bits per heavy atom. The monoisotopic (exact) mass is 463 g/mol. The number of nitrogens with one attached hydrogen (secondary N) is 2. The van der Waals surface area contributed by atoms with Gasteiger partial charge < -0.3 is 19.8 Å². The van der Waals surface area contributed by atoms with Gasteiger partial charge in [0.05, 0.1) is 23.1 Å². The topological polar surface area (TPSA) is 121 Å². The number of nitriles is 1. The van der Waals surface area contributed by atoms with Gasteiger partial charge in [-0.3, -0.25) is 9.59 Å². The van der Waals surface area contributed by atoms with Gasteiger partial charge in [0.15, 0.2) is 12.4 Å². The predicted octanol–water partition coefficient (Wildman–Crippen LogP) is 4.39. The Labute approximate surface area is 194 Å². The second-order valence-electron chi connectivity index (χ2n) is 7.77. The Morgan fingerprint density at radius 3 is 2.79 bits per heavy atom. The fourth-order valence-corrected chi connectivity index (χ4v) is 5.07. The number of rotatable bonds is 6. The summed E-state index contributed by atoms with van der Waals surface area (Å²) in [5.74, 6) is -1.18. The first-order chi connectivity index (χ1) is 16.0. The molecule has 1 aliphatic carbocycles. The van der Waals surface area contributed by atoms with E-state index in [1.165, 1.54) is 29.7 Å². The van der Waals surface area contributed by atoms with Crippen LogP contribution in [0, 0.1) is 17.2 Å². The second-order valence-corrected chi connectivity index (χ2v) is 8.87. The molecule has 0 fully saturated rings. The van der Waals surface area contributed by atoms with Gasteiger partial charge >= 0.3 is 5.97 Å². The lowest BCUT2D eigenvalue weighted by molar-refractivity contribution is -0.119. The summed E-state index contributed by atoms with van der Waals surface area (Å²) < 4.78 is 10.2. The number of thiophene rings is 1. The van der Waals surface area contributed by atoms with Crippen LogP contribution in [0.2, 0.25) is 0 Å². The average molecular weight is 464 g/mol. The molecule has 0 radical (unpaired) electrons. The van der Waals surface area contributed by atoms with E-state index in [0.29, 0.717) is 16.5 Å². The largest absolute Gasteiger partial charge is 0.459 e. The van der Waals surface area contributed by atoms with Gasteiger partial charge in [0, 0.05) is 4.88 Å². The normalized spacial score (nSPS) is 14.6. The van der Waals surface area contributed by atoms with E-state index >= 15 is 0 Å². The minimum atomic E-state index is -0.764. The van der Waals surface area contributed by atoms with Crippen LogP contribution >= 0.6 is 11.3 Å². The smallest absolute Gasteiger partial charge is 0.340 e. The number of amides is 2. The van der Waals surface area contributed by atoms with Gasteiger partial charge in [-0.25, -0.2) is 4.79 Å². The zero-order valence-electron chi connectivity index (χ0n) is 17.8. The summed E-state index contributed by atoms with van der Waals surface area (Å²) in [7, 11) is 0. The fourth-order valence-electron chi connectivity index (χ4n) is 3.69. The Kier molecular flexibility index (Phi) is 6.56. The van der Waals surface area contributed by atoms with Crippen molar-refractivity contribution >= 4 is 39.8 Å². The molecule has 168 valence electrons. The van der Waals surface area contributed by atoms with E-state index in [1.54, 1.807) is 24.3 Å². The van der Waals surface area contributed by atoms with Crippen LogP contribution in [0.15, 0.2) is 47.1 Å². The molecule has 8 nitrogen and oxygen atoms in total. The summed E-state index contributed by atoms with van der Waals surface area (Å²) in [4.78, 5) is 38.4. The fraction of sp³-hybridized carbons (Fsp3) is 0.250. The Balaban J connectivity index is 1.39. The van der Waals surface area contributed by atoms with Crippen LogP contribution in [-0.2, 0) is 22.4 Å². The van der Waals surface area contributed by atoms with Gasteiger partial charge in [0.25, 0.3) is 11.8 Å². The highest BCUT2D eigenvalue weighted by molar-refractivity contribution is 7.16. The molecule has 2 aromatic heterocycles. The number of benzene rings is 1. The van der Waals surface area contributed by atoms with E-state index in [0.717, 1.165) is 29.7 Å². The molecular weight excluding hydrogens is 442 g/mol. The molecule has 0 aliphatic heterocycles. The summed E-state index contributed by atoms with van der Waals surface area (Å²) >= 11 is 1.41. The lowest BCUT2D eigenvalue weighted by Crippen LogP contribution is -2.22. The molecule has 0 spiro atoms. The maximum atomic E-state index is 12.6. The van der Waals surface area contributed by atoms with Crippen LogP contribution in [0.3, 0.4) is 0 Å². The number of ether oxygens (including phenoxy) is 1. The van der Waals surface area contributed by atoms with E-state index in [-0.39, 0.29) is 17.0 Å². The van der Waals surface area contributed by atoms with Crippen molar-refractivity contribution in [1.82, 2.24) is 0 Å². The molecule has 1 atom stereocenters. The van der Waals surface area contributed by atoms with E-state index in [4.69, 9.17) is 9.15 Å². The maximum Gasteiger partial charge on any atom is 0.340 e. The number of anilines is 2. The molecule has 1 aliphatic rings. The first kappa shape index (κ1) is 22.3. The number of carbonyl (C=O) groups is 3. The van der Waals surface area contributed by atoms with Gasteiger partial charge in [-0.2, -0.15) is 5.26 Å². The van der Waals surface area contributed by atoms with Crippen LogP contribution in [0.1, 0.15) is 50.3 Å². The number of para-hydroxylation sites is 1. The first-order valence-electron chi connectivity index (χ1n) is 10.4. The van der Waals surface area contributed by atoms with Crippen molar-refractivity contribution < 1.29 is 23.5 Å². The quantitative estimate of drug-likeness (QED) is 0.523. The van der Waals surface area contributed by atoms with Crippen molar-refractivity contribution in [2.45, 2.75) is 26.2 Å². The van der Waals surface area contributed by atoms with Crippen molar-refractivity contribution in [3.8, 4) is 6.07 Å². The highest BCUT2D eigenvalue weighted by Crippen LogP contribution is 2.39. The third kappa shape index (κ3) is 4.96. The van der Waals surface area contributed by atoms with Crippen LogP contribution in [0.4, 0.5) is 10.7 Å². The first-order valence-corrected chi connectivity index (χ1v) is 11.2. The summed E-state index contributed by atoms with van der Waals surface area (Å²) in [5.41, 5.74) is 1.83. The molecule has 33 heavy (non-hydrogen) atoms. The van der Waals surface area contributed by atoms with Crippen LogP contribution in [0.25, 0.3) is 0 Å². The second kappa shape index (κ2) is 9.71. The molecule has 0 bridgehead atoms. The third-order valence-electron chi connectivity index (χ3n) is 5.35. The highest BCUT2D eigenvalue weighted by Gasteiger charge is 2.25. The lowest BCUT2D eigenvalue weighted by Gasteiger charge is -2.17. The predicted molar refractivity (Wildman–Crippen MR) is 122 cm³/mol. The van der Waals surface area contributed by atoms with E-state index in [1.807, 2.05) is 0 Å². The Morgan fingerprint density at radius 1 is 1.21 bits per heavy atom. The van der Waals surface area contributed by atoms with Gasteiger partial charge in [-0.1, -0.05) is 19.1 Å². The number of fused-ring (bicyclic) bond motifs is 1. The average Bonchev–Trinajstić information content (AvgIpc) is 3.45. The van der Waals surface area contributed by atoms with Crippen molar-refractivity contribution in [1.29, 1.82) is 5.26 Å². The van der Waals surface area contributed by atoms with Gasteiger partial charge in [-0.05, 0) is 55.0 Å². The standard InChI is InChI=1S/C24H21N3O5S/c1-14-8-9-15-17(12-25)23(33-20(15)11-14)27-21(28)13-32-24(30)16-5-2-3-6-18(16)26-22(29)19-7-4-10-31-19/h2-7,10,14H,8-9,11,13H2,1H3,(H,26,29)(H,27,28)/t14-/m1/s1. The number of nitrogens with zero attached hydrogens (tertiary/aromatic N) is 1. The summed E-state index contributed by atoms with van der Waals surface area (Å²) in [6, 6.07) is 11.6. The van der Waals surface area contributed by atoms with Crippen molar-refractivity contribution in [3.05, 3.63) is 70.0 Å². The number of esters is 1. The Hall–Kier alpha value is -3.90. The molecule has 3 aromatic rings. The maximum absolute atomic E-state index is 12.6. The number of furan rings is 1.